The Balaban J connectivity index is 1.65. The zero-order valence-corrected chi connectivity index (χ0v) is 43.9. The third-order valence-corrected chi connectivity index (χ3v) is 15.3. The zero-order valence-electron chi connectivity index (χ0n) is 43.9. The lowest BCUT2D eigenvalue weighted by molar-refractivity contribution is -0.267. The number of rotatable bonds is 11. The molecule has 2 saturated heterocycles. The van der Waals surface area contributed by atoms with E-state index in [-0.39, 0.29) is 60.6 Å². The van der Waals surface area contributed by atoms with Crippen molar-refractivity contribution in [3.63, 3.8) is 0 Å². The Bertz CT molecular complexity index is 1760. The van der Waals surface area contributed by atoms with Gasteiger partial charge in [-0.2, -0.15) is 0 Å². The van der Waals surface area contributed by atoms with E-state index in [0.717, 1.165) is 37.7 Å². The van der Waals surface area contributed by atoms with Gasteiger partial charge in [0.05, 0.1) is 44.2 Å². The first kappa shape index (κ1) is 58.6. The van der Waals surface area contributed by atoms with Crippen molar-refractivity contribution in [1.29, 1.82) is 0 Å². The average Bonchev–Trinajstić information content (AvgIpc) is 3.32. The molecule has 4 aliphatic rings. The predicted octanol–water partition coefficient (Wildman–Crippen LogP) is 7.71. The van der Waals surface area contributed by atoms with E-state index >= 15 is 0 Å². The van der Waals surface area contributed by atoms with Crippen LogP contribution in [0, 0.1) is 35.5 Å². The Hall–Kier alpha value is -2.92. The van der Waals surface area contributed by atoms with Crippen LogP contribution < -0.4 is 0 Å². The Kier molecular flexibility index (Phi) is 24.6. The Morgan fingerprint density at radius 3 is 2.30 bits per heavy atom. The van der Waals surface area contributed by atoms with Crippen molar-refractivity contribution in [2.24, 2.45) is 35.5 Å². The van der Waals surface area contributed by atoms with Crippen LogP contribution in [0.3, 0.4) is 0 Å². The highest BCUT2D eigenvalue weighted by Gasteiger charge is 2.49. The Morgan fingerprint density at radius 2 is 1.61 bits per heavy atom. The molecule has 14 nitrogen and oxygen atoms in total. The third kappa shape index (κ3) is 17.1. The standard InChI is InChI=1S/C55H89NO13/c1-12-66-26-27-67-46-24-22-42(31-49(46)64-10)30-38(5)48-33-45(57)37(4)29-40(7)52(60)53(65-11)51(59)39(6)28-35(2)18-14-13-15-19-36(3)47(63-9)32-43-23-21-41(8)55(62,69-43)50(58)34-56-25-17-16-20-44(56)54(61)68-48/h13-15,18-19,29,35,37-39,41-44,46-49,52-53,60,62H,12,16-17,20-28,30-34H2,1-11H3/b15-13+,18-14+,36-19+,40-29+/t35-,37-,38-,39-,41-,42+,43+,44+,46-,47?,48+,49-,52-,53?,55-/m1/s1. The fraction of sp³-hybridized carbons (Fsp3) is 0.782. The highest BCUT2D eigenvalue weighted by atomic mass is 16.6. The first-order valence-corrected chi connectivity index (χ1v) is 26.0. The van der Waals surface area contributed by atoms with Gasteiger partial charge in [0, 0.05) is 58.5 Å². The lowest BCUT2D eigenvalue weighted by atomic mass is 9.78. The monoisotopic (exact) mass is 972 g/mol. The van der Waals surface area contributed by atoms with E-state index < -0.39 is 65.8 Å². The van der Waals surface area contributed by atoms with E-state index in [4.69, 9.17) is 33.2 Å². The van der Waals surface area contributed by atoms with Crippen molar-refractivity contribution < 1.29 is 62.5 Å². The van der Waals surface area contributed by atoms with Gasteiger partial charge < -0.3 is 43.4 Å². The van der Waals surface area contributed by atoms with E-state index in [1.807, 2.05) is 71.9 Å². The molecule has 14 heteroatoms. The number of aliphatic hydroxyl groups is 2. The number of piperidine rings is 1. The number of ketones is 3. The average molecular weight is 972 g/mol. The summed E-state index contributed by atoms with van der Waals surface area (Å²) in [5, 5.41) is 23.6. The maximum Gasteiger partial charge on any atom is 0.323 e. The van der Waals surface area contributed by atoms with Gasteiger partial charge in [0.25, 0.3) is 0 Å². The number of hydrogen-bond acceptors (Lipinski definition) is 14. The lowest BCUT2D eigenvalue weighted by Gasteiger charge is -2.43. The Morgan fingerprint density at radius 1 is 0.855 bits per heavy atom. The summed E-state index contributed by atoms with van der Waals surface area (Å²) in [7, 11) is 4.74. The van der Waals surface area contributed by atoms with Crippen molar-refractivity contribution >= 4 is 23.3 Å². The van der Waals surface area contributed by atoms with E-state index in [9.17, 15) is 29.4 Å². The van der Waals surface area contributed by atoms with Gasteiger partial charge in [-0.05, 0) is 114 Å². The second-order valence-electron chi connectivity index (χ2n) is 20.7. The third-order valence-electron chi connectivity index (χ3n) is 15.3. The molecular formula is C55H89NO13. The molecule has 0 aromatic carbocycles. The molecule has 4 rings (SSSR count). The number of methoxy groups -OCH3 is 3. The fourth-order valence-corrected chi connectivity index (χ4v) is 10.8. The van der Waals surface area contributed by atoms with Crippen LogP contribution in [0.25, 0.3) is 0 Å². The zero-order chi connectivity index (χ0) is 50.8. The summed E-state index contributed by atoms with van der Waals surface area (Å²) in [5.74, 6) is -4.99. The maximum atomic E-state index is 14.5. The number of allylic oxidation sites excluding steroid dienone is 6. The van der Waals surface area contributed by atoms with Gasteiger partial charge in [-0.25, -0.2) is 0 Å². The second kappa shape index (κ2) is 28.9. The summed E-state index contributed by atoms with van der Waals surface area (Å²) in [6, 6.07) is -0.763. The Labute approximate surface area is 413 Å². The molecule has 0 amide bonds. The molecule has 15 atom stereocenters. The van der Waals surface area contributed by atoms with Gasteiger partial charge >= 0.3 is 5.97 Å². The lowest BCUT2D eigenvalue weighted by Crippen LogP contribution is -2.58. The molecule has 3 fully saturated rings. The number of fused-ring (bicyclic) bond motifs is 3. The molecule has 3 heterocycles. The van der Waals surface area contributed by atoms with Crippen molar-refractivity contribution in [2.75, 3.05) is 54.2 Å². The van der Waals surface area contributed by atoms with Crippen LogP contribution in [0.4, 0.5) is 0 Å². The minimum atomic E-state index is -2.05. The minimum absolute atomic E-state index is 0.0455. The molecule has 0 radical (unpaired) electrons. The topological polar surface area (TPSA) is 177 Å². The van der Waals surface area contributed by atoms with Crippen LogP contribution in [-0.2, 0) is 52.3 Å². The van der Waals surface area contributed by atoms with Gasteiger partial charge in [0.2, 0.25) is 11.6 Å². The SMILES string of the molecule is CCOCCO[C@@H]1CC[C@@H](C[C@@H](C)[C@@H]2CC(=O)[C@H](C)/C=C(\C)[C@@H](O)C(OC)C(=O)[C@H](C)C[C@H](C)/C=C/C=C/C=C(\C)C(OC)C[C@@H]3CC[C@@H](C)[C@@](O)(O3)C(=O)CN3CCCC[C@H]3C(=O)O2)C[C@H]1OC. The van der Waals surface area contributed by atoms with Crippen LogP contribution >= 0.6 is 0 Å². The molecule has 0 aromatic rings. The summed E-state index contributed by atoms with van der Waals surface area (Å²) >= 11 is 0. The van der Waals surface area contributed by atoms with Crippen LogP contribution in [0.15, 0.2) is 47.6 Å². The summed E-state index contributed by atoms with van der Waals surface area (Å²) in [6.07, 6.45) is 14.5. The van der Waals surface area contributed by atoms with Crippen molar-refractivity contribution in [3.05, 3.63) is 47.6 Å². The molecule has 3 aliphatic heterocycles. The first-order chi connectivity index (χ1) is 32.9. The van der Waals surface area contributed by atoms with Crippen molar-refractivity contribution in [3.8, 4) is 0 Å². The van der Waals surface area contributed by atoms with Gasteiger partial charge in [-0.3, -0.25) is 24.1 Å². The van der Waals surface area contributed by atoms with E-state index in [0.29, 0.717) is 70.5 Å². The number of nitrogens with zero attached hydrogens (tertiary/aromatic N) is 1. The van der Waals surface area contributed by atoms with Crippen LogP contribution in [0.2, 0.25) is 0 Å². The summed E-state index contributed by atoms with van der Waals surface area (Å²) in [6.45, 7) is 17.0. The first-order valence-electron chi connectivity index (χ1n) is 26.0. The number of hydrogen-bond donors (Lipinski definition) is 2. The normalized spacial score (nSPS) is 39.0. The number of carbonyl (C=O) groups is 4. The molecular weight excluding hydrogens is 883 g/mol. The van der Waals surface area contributed by atoms with Crippen LogP contribution in [0.1, 0.15) is 132 Å². The fourth-order valence-electron chi connectivity index (χ4n) is 10.8. The highest BCUT2D eigenvalue weighted by molar-refractivity contribution is 5.89. The number of Topliss-reactive ketones (excluding diaryl/α,β-unsaturated/α-hetero) is 3. The molecule has 1 saturated carbocycles. The molecule has 2 N–H and O–H groups in total. The molecule has 0 spiro atoms. The number of esters is 1. The second-order valence-corrected chi connectivity index (χ2v) is 20.7. The quantitative estimate of drug-likeness (QED) is 0.117. The van der Waals surface area contributed by atoms with Crippen molar-refractivity contribution in [2.45, 2.75) is 187 Å². The van der Waals surface area contributed by atoms with Gasteiger partial charge in [-0.1, -0.05) is 77.5 Å². The van der Waals surface area contributed by atoms with Gasteiger partial charge in [0.1, 0.15) is 30.1 Å². The number of aliphatic hydroxyl groups excluding tert-OH is 1. The summed E-state index contributed by atoms with van der Waals surface area (Å²) < 4.78 is 41.8. The van der Waals surface area contributed by atoms with Gasteiger partial charge in [-0.15, -0.1) is 0 Å². The summed E-state index contributed by atoms with van der Waals surface area (Å²) in [5.41, 5.74) is 1.39. The smallest absolute Gasteiger partial charge is 0.323 e. The van der Waals surface area contributed by atoms with E-state index in [1.165, 1.54) is 7.11 Å². The molecule has 392 valence electrons. The van der Waals surface area contributed by atoms with Crippen LogP contribution in [0.5, 0.6) is 0 Å². The minimum Gasteiger partial charge on any atom is -0.460 e. The summed E-state index contributed by atoms with van der Waals surface area (Å²) in [4.78, 5) is 58.6. The molecule has 2 bridgehead atoms. The molecule has 1 aliphatic carbocycles. The largest absolute Gasteiger partial charge is 0.460 e. The van der Waals surface area contributed by atoms with Crippen LogP contribution in [-0.4, -0.2) is 147 Å². The molecule has 2 unspecified atom stereocenters. The molecule has 0 aromatic heterocycles. The van der Waals surface area contributed by atoms with E-state index in [1.54, 1.807) is 39.0 Å². The number of cyclic esters (lactones) is 1. The number of ether oxygens (including phenoxy) is 7. The maximum absolute atomic E-state index is 14.5. The molecule has 69 heavy (non-hydrogen) atoms. The predicted molar refractivity (Wildman–Crippen MR) is 265 cm³/mol. The van der Waals surface area contributed by atoms with E-state index in [2.05, 4.69) is 0 Å². The van der Waals surface area contributed by atoms with Crippen molar-refractivity contribution in [1.82, 2.24) is 4.90 Å². The number of carbonyl (C=O) groups excluding carboxylic acids is 4. The highest BCUT2D eigenvalue weighted by Crippen LogP contribution is 2.38. The van der Waals surface area contributed by atoms with Gasteiger partial charge in [0.15, 0.2) is 5.78 Å².